The minimum Gasteiger partial charge on any atom is -0.494 e. The van der Waals surface area contributed by atoms with Crippen LogP contribution in [0.4, 0.5) is 5.69 Å². The summed E-state index contributed by atoms with van der Waals surface area (Å²) in [6, 6.07) is 16.8. The van der Waals surface area contributed by atoms with Crippen LogP contribution in [0, 0.1) is 0 Å². The van der Waals surface area contributed by atoms with Crippen molar-refractivity contribution in [2.24, 2.45) is 0 Å². The lowest BCUT2D eigenvalue weighted by Gasteiger charge is -2.32. The van der Waals surface area contributed by atoms with Crippen molar-refractivity contribution in [3.05, 3.63) is 82.3 Å². The van der Waals surface area contributed by atoms with Crippen molar-refractivity contribution in [1.29, 1.82) is 0 Å². The van der Waals surface area contributed by atoms with Crippen LogP contribution in [0.3, 0.4) is 0 Å². The SMILES string of the molecule is CCOc1ccc(N(CC(=O)N(Cc2ccc(Cl)c(Cl)c2)C(C)C(=O)NC(C)C)S(=O)(=O)c2ccc(SC)cc2)cc1. The lowest BCUT2D eigenvalue weighted by molar-refractivity contribution is -0.139. The summed E-state index contributed by atoms with van der Waals surface area (Å²) in [4.78, 5) is 29.3. The Morgan fingerprint density at radius 3 is 2.14 bits per heavy atom. The molecule has 0 radical (unpaired) electrons. The van der Waals surface area contributed by atoms with Gasteiger partial charge in [0.2, 0.25) is 11.8 Å². The standard InChI is InChI=1S/C30H35Cl2N3O5S2/c1-6-40-24-10-8-23(9-11-24)35(42(38,39)26-14-12-25(41-5)13-15-26)19-29(36)34(21(4)30(37)33-20(2)3)18-22-7-16-27(31)28(32)17-22/h7-17,20-21H,6,18-19H2,1-5H3,(H,33,37). The van der Waals surface area contributed by atoms with Crippen molar-refractivity contribution < 1.29 is 22.7 Å². The molecule has 226 valence electrons. The summed E-state index contributed by atoms with van der Waals surface area (Å²) >= 11 is 13.8. The van der Waals surface area contributed by atoms with E-state index >= 15 is 0 Å². The van der Waals surface area contributed by atoms with E-state index in [0.29, 0.717) is 28.0 Å². The number of thioether (sulfide) groups is 1. The van der Waals surface area contributed by atoms with E-state index in [4.69, 9.17) is 27.9 Å². The fraction of sp³-hybridized carbons (Fsp3) is 0.333. The lowest BCUT2D eigenvalue weighted by atomic mass is 10.1. The maximum absolute atomic E-state index is 14.0. The van der Waals surface area contributed by atoms with Crippen molar-refractivity contribution in [3.8, 4) is 5.75 Å². The van der Waals surface area contributed by atoms with Gasteiger partial charge in [0.1, 0.15) is 18.3 Å². The minimum atomic E-state index is -4.19. The van der Waals surface area contributed by atoms with Gasteiger partial charge in [0.15, 0.2) is 0 Å². The second-order valence-corrected chi connectivity index (χ2v) is 13.3. The maximum atomic E-state index is 14.0. The molecular formula is C30H35Cl2N3O5S2. The third kappa shape index (κ3) is 8.56. The van der Waals surface area contributed by atoms with Gasteiger partial charge >= 0.3 is 0 Å². The normalized spacial score (nSPS) is 12.1. The molecule has 0 heterocycles. The van der Waals surface area contributed by atoms with Crippen LogP contribution in [0.25, 0.3) is 0 Å². The molecule has 0 aliphatic heterocycles. The smallest absolute Gasteiger partial charge is 0.264 e. The molecule has 0 spiro atoms. The molecule has 12 heteroatoms. The van der Waals surface area contributed by atoms with Gasteiger partial charge in [-0.05, 0) is 100 Å². The molecular weight excluding hydrogens is 617 g/mol. The highest BCUT2D eigenvalue weighted by Gasteiger charge is 2.33. The maximum Gasteiger partial charge on any atom is 0.264 e. The van der Waals surface area contributed by atoms with E-state index in [2.05, 4.69) is 5.32 Å². The Labute approximate surface area is 262 Å². The molecule has 3 rings (SSSR count). The van der Waals surface area contributed by atoms with E-state index in [1.54, 1.807) is 61.5 Å². The highest BCUT2D eigenvalue weighted by molar-refractivity contribution is 7.98. The number of carbonyl (C=O) groups is 2. The monoisotopic (exact) mass is 651 g/mol. The van der Waals surface area contributed by atoms with Gasteiger partial charge in [0.05, 0.1) is 27.2 Å². The number of hydrogen-bond donors (Lipinski definition) is 1. The van der Waals surface area contributed by atoms with Gasteiger partial charge in [-0.15, -0.1) is 11.8 Å². The molecule has 1 N–H and O–H groups in total. The van der Waals surface area contributed by atoms with Gasteiger partial charge in [-0.2, -0.15) is 0 Å². The number of sulfonamides is 1. The van der Waals surface area contributed by atoms with Gasteiger partial charge in [0.25, 0.3) is 10.0 Å². The molecule has 0 bridgehead atoms. The Hall–Kier alpha value is -2.92. The van der Waals surface area contributed by atoms with Crippen LogP contribution in [0.2, 0.25) is 10.0 Å². The third-order valence-corrected chi connectivity index (χ3v) is 9.57. The Morgan fingerprint density at radius 2 is 1.60 bits per heavy atom. The Balaban J connectivity index is 2.05. The summed E-state index contributed by atoms with van der Waals surface area (Å²) in [5.41, 5.74) is 0.902. The average molecular weight is 653 g/mol. The number of amides is 2. The van der Waals surface area contributed by atoms with E-state index in [9.17, 15) is 18.0 Å². The Morgan fingerprint density at radius 1 is 0.952 bits per heavy atom. The third-order valence-electron chi connectivity index (χ3n) is 6.30. The number of carbonyl (C=O) groups excluding carboxylic acids is 2. The van der Waals surface area contributed by atoms with Crippen molar-refractivity contribution in [2.75, 3.05) is 23.7 Å². The van der Waals surface area contributed by atoms with Crippen LogP contribution in [0.1, 0.15) is 33.3 Å². The number of anilines is 1. The highest BCUT2D eigenvalue weighted by atomic mass is 35.5. The molecule has 0 saturated heterocycles. The Kier molecular flexibility index (Phi) is 12.0. The molecule has 3 aromatic rings. The number of halogens is 2. The van der Waals surface area contributed by atoms with Gasteiger partial charge in [-0.3, -0.25) is 13.9 Å². The molecule has 3 aromatic carbocycles. The summed E-state index contributed by atoms with van der Waals surface area (Å²) in [7, 11) is -4.19. The van der Waals surface area contributed by atoms with Crippen LogP contribution in [0.15, 0.2) is 76.5 Å². The van der Waals surface area contributed by atoms with Gasteiger partial charge in [0, 0.05) is 17.5 Å². The van der Waals surface area contributed by atoms with Crippen molar-refractivity contribution in [3.63, 3.8) is 0 Å². The van der Waals surface area contributed by atoms with Crippen molar-refractivity contribution in [2.45, 2.75) is 56.1 Å². The molecule has 0 aliphatic carbocycles. The summed E-state index contributed by atoms with van der Waals surface area (Å²) < 4.78 is 34.6. The molecule has 42 heavy (non-hydrogen) atoms. The fourth-order valence-electron chi connectivity index (χ4n) is 4.10. The van der Waals surface area contributed by atoms with Crippen LogP contribution in [0.5, 0.6) is 5.75 Å². The zero-order valence-electron chi connectivity index (χ0n) is 24.1. The zero-order valence-corrected chi connectivity index (χ0v) is 27.3. The van der Waals surface area contributed by atoms with Crippen LogP contribution < -0.4 is 14.4 Å². The van der Waals surface area contributed by atoms with E-state index < -0.39 is 28.5 Å². The lowest BCUT2D eigenvalue weighted by Crippen LogP contribution is -2.52. The number of rotatable bonds is 13. The summed E-state index contributed by atoms with van der Waals surface area (Å²) in [5.74, 6) is -0.387. The number of nitrogens with one attached hydrogen (secondary N) is 1. The molecule has 0 aliphatic rings. The largest absolute Gasteiger partial charge is 0.494 e. The van der Waals surface area contributed by atoms with E-state index in [0.717, 1.165) is 9.20 Å². The first kappa shape index (κ1) is 33.6. The molecule has 1 atom stereocenters. The van der Waals surface area contributed by atoms with Crippen molar-refractivity contribution in [1.82, 2.24) is 10.2 Å². The summed E-state index contributed by atoms with van der Waals surface area (Å²) in [5, 5.41) is 3.48. The summed E-state index contributed by atoms with van der Waals surface area (Å²) in [6.45, 7) is 6.98. The minimum absolute atomic E-state index is 0.00197. The first-order chi connectivity index (χ1) is 19.9. The fourth-order valence-corrected chi connectivity index (χ4v) is 6.24. The van der Waals surface area contributed by atoms with E-state index in [-0.39, 0.29) is 29.1 Å². The average Bonchev–Trinajstić information content (AvgIpc) is 2.96. The number of nitrogens with zero attached hydrogens (tertiary/aromatic N) is 2. The van der Waals surface area contributed by atoms with Crippen LogP contribution in [-0.2, 0) is 26.2 Å². The number of ether oxygens (including phenoxy) is 1. The van der Waals surface area contributed by atoms with Crippen molar-refractivity contribution >= 4 is 62.5 Å². The van der Waals surface area contributed by atoms with Gasteiger partial charge in [-0.25, -0.2) is 8.42 Å². The molecule has 0 fully saturated rings. The zero-order chi connectivity index (χ0) is 31.0. The molecule has 0 aromatic heterocycles. The molecule has 8 nitrogen and oxygen atoms in total. The quantitative estimate of drug-likeness (QED) is 0.220. The first-order valence-corrected chi connectivity index (χ1v) is 16.7. The van der Waals surface area contributed by atoms with E-state index in [1.807, 2.05) is 27.0 Å². The van der Waals surface area contributed by atoms with Crippen LogP contribution in [-0.4, -0.2) is 56.6 Å². The van der Waals surface area contributed by atoms with Crippen LogP contribution >= 0.6 is 35.0 Å². The summed E-state index contributed by atoms with van der Waals surface area (Å²) in [6.07, 6.45) is 1.90. The number of hydrogen-bond acceptors (Lipinski definition) is 6. The van der Waals surface area contributed by atoms with E-state index in [1.165, 1.54) is 28.8 Å². The molecule has 2 amide bonds. The predicted molar refractivity (Wildman–Crippen MR) is 170 cm³/mol. The second-order valence-electron chi connectivity index (χ2n) is 9.72. The number of benzene rings is 3. The topological polar surface area (TPSA) is 96.0 Å². The molecule has 0 saturated carbocycles. The van der Waals surface area contributed by atoms with Gasteiger partial charge in [-0.1, -0.05) is 29.3 Å². The van der Waals surface area contributed by atoms with Gasteiger partial charge < -0.3 is 15.0 Å². The first-order valence-electron chi connectivity index (χ1n) is 13.3. The Bertz CT molecular complexity index is 1480. The highest BCUT2D eigenvalue weighted by Crippen LogP contribution is 2.28. The second kappa shape index (κ2) is 15.0. The molecule has 1 unspecified atom stereocenters. The predicted octanol–water partition coefficient (Wildman–Crippen LogP) is 6.25.